The zero-order valence-corrected chi connectivity index (χ0v) is 12.8. The molecule has 0 radical (unpaired) electrons. The molecule has 3 rings (SSSR count). The molecule has 19 heavy (non-hydrogen) atoms. The van der Waals surface area contributed by atoms with E-state index in [1.54, 1.807) is 0 Å². The van der Waals surface area contributed by atoms with Crippen LogP contribution in [-0.2, 0) is 6.42 Å². The molecule has 1 atom stereocenters. The van der Waals surface area contributed by atoms with Gasteiger partial charge >= 0.3 is 0 Å². The third-order valence-electron chi connectivity index (χ3n) is 3.63. The van der Waals surface area contributed by atoms with Crippen LogP contribution in [-0.4, -0.2) is 0 Å². The van der Waals surface area contributed by atoms with Crippen LogP contribution in [0.5, 0.6) is 0 Å². The zero-order chi connectivity index (χ0) is 13.2. The highest BCUT2D eigenvalue weighted by Gasteiger charge is 2.19. The molecule has 1 nitrogen and oxygen atoms in total. The molecule has 0 saturated heterocycles. The van der Waals surface area contributed by atoms with Crippen LogP contribution in [0.4, 0.5) is 5.69 Å². The Morgan fingerprint density at radius 1 is 1.16 bits per heavy atom. The maximum absolute atomic E-state index is 6.03. The van der Waals surface area contributed by atoms with E-state index in [4.69, 9.17) is 11.6 Å². The van der Waals surface area contributed by atoms with Crippen molar-refractivity contribution in [3.05, 3.63) is 63.1 Å². The van der Waals surface area contributed by atoms with Crippen LogP contribution in [0, 0.1) is 0 Å². The normalized spacial score (nSPS) is 17.9. The van der Waals surface area contributed by atoms with E-state index in [0.717, 1.165) is 15.2 Å². The highest BCUT2D eigenvalue weighted by molar-refractivity contribution is 9.10. The molecule has 0 aliphatic heterocycles. The number of benzene rings is 2. The van der Waals surface area contributed by atoms with E-state index in [0.29, 0.717) is 6.04 Å². The highest BCUT2D eigenvalue weighted by Crippen LogP contribution is 2.34. The minimum absolute atomic E-state index is 0.401. The van der Waals surface area contributed by atoms with Gasteiger partial charge in [-0.05, 0) is 64.5 Å². The third kappa shape index (κ3) is 2.80. The maximum Gasteiger partial charge on any atom is 0.0549 e. The van der Waals surface area contributed by atoms with Crippen molar-refractivity contribution in [2.24, 2.45) is 0 Å². The lowest BCUT2D eigenvalue weighted by Crippen LogP contribution is -2.17. The van der Waals surface area contributed by atoms with Gasteiger partial charge in [0.1, 0.15) is 0 Å². The van der Waals surface area contributed by atoms with Gasteiger partial charge in [-0.1, -0.05) is 35.9 Å². The van der Waals surface area contributed by atoms with Crippen LogP contribution in [0.1, 0.15) is 30.0 Å². The van der Waals surface area contributed by atoms with Crippen molar-refractivity contribution in [1.82, 2.24) is 0 Å². The number of rotatable bonds is 2. The van der Waals surface area contributed by atoms with Gasteiger partial charge < -0.3 is 5.32 Å². The smallest absolute Gasteiger partial charge is 0.0549 e. The van der Waals surface area contributed by atoms with Gasteiger partial charge in [-0.3, -0.25) is 0 Å². The first-order chi connectivity index (χ1) is 9.24. The van der Waals surface area contributed by atoms with Gasteiger partial charge in [0.15, 0.2) is 0 Å². The van der Waals surface area contributed by atoms with E-state index in [1.165, 1.54) is 30.4 Å². The van der Waals surface area contributed by atoms with E-state index in [-0.39, 0.29) is 0 Å². The minimum Gasteiger partial charge on any atom is -0.378 e. The first-order valence-corrected chi connectivity index (χ1v) is 7.70. The molecule has 0 heterocycles. The number of nitrogens with one attached hydrogen (secondary N) is 1. The Morgan fingerprint density at radius 3 is 2.84 bits per heavy atom. The van der Waals surface area contributed by atoms with Gasteiger partial charge in [-0.15, -0.1) is 0 Å². The SMILES string of the molecule is Clc1ccc(NC2CCCc3ccccc32)cc1Br. The number of anilines is 1. The van der Waals surface area contributed by atoms with Crippen molar-refractivity contribution < 1.29 is 0 Å². The predicted octanol–water partition coefficient (Wildman–Crippen LogP) is 5.59. The Labute approximate surface area is 127 Å². The summed E-state index contributed by atoms with van der Waals surface area (Å²) in [4.78, 5) is 0. The third-order valence-corrected chi connectivity index (χ3v) is 4.84. The molecule has 2 aromatic rings. The molecule has 0 aromatic heterocycles. The number of hydrogen-bond acceptors (Lipinski definition) is 1. The molecule has 1 aliphatic carbocycles. The lowest BCUT2D eigenvalue weighted by Gasteiger charge is -2.27. The van der Waals surface area contributed by atoms with Crippen LogP contribution in [0.2, 0.25) is 5.02 Å². The Balaban J connectivity index is 1.86. The van der Waals surface area contributed by atoms with Crippen molar-refractivity contribution in [1.29, 1.82) is 0 Å². The van der Waals surface area contributed by atoms with E-state index < -0.39 is 0 Å². The predicted molar refractivity (Wildman–Crippen MR) is 84.9 cm³/mol. The molecule has 0 spiro atoms. The molecule has 2 aromatic carbocycles. The number of aryl methyl sites for hydroxylation is 1. The summed E-state index contributed by atoms with van der Waals surface area (Å²) in [7, 11) is 0. The van der Waals surface area contributed by atoms with E-state index >= 15 is 0 Å². The number of hydrogen-bond donors (Lipinski definition) is 1. The summed E-state index contributed by atoms with van der Waals surface area (Å²) in [6.45, 7) is 0. The molecule has 1 N–H and O–H groups in total. The monoisotopic (exact) mass is 335 g/mol. The van der Waals surface area contributed by atoms with Crippen LogP contribution in [0.25, 0.3) is 0 Å². The van der Waals surface area contributed by atoms with Gasteiger partial charge in [0, 0.05) is 10.2 Å². The minimum atomic E-state index is 0.401. The molecule has 3 heteroatoms. The van der Waals surface area contributed by atoms with E-state index in [2.05, 4.69) is 45.5 Å². The molecule has 0 fully saturated rings. The standard InChI is InChI=1S/C16H15BrClN/c17-14-10-12(8-9-15(14)18)19-16-7-3-5-11-4-1-2-6-13(11)16/h1-2,4,6,8-10,16,19H,3,5,7H2. The Kier molecular flexibility index (Phi) is 3.81. The number of fused-ring (bicyclic) bond motifs is 1. The molecule has 98 valence electrons. The second-order valence-electron chi connectivity index (χ2n) is 4.92. The Bertz CT molecular complexity index is 597. The molecule has 0 saturated carbocycles. The molecule has 0 amide bonds. The molecule has 1 aliphatic rings. The van der Waals surface area contributed by atoms with Crippen LogP contribution >= 0.6 is 27.5 Å². The first kappa shape index (κ1) is 13.0. The summed E-state index contributed by atoms with van der Waals surface area (Å²) in [5.74, 6) is 0. The van der Waals surface area contributed by atoms with Gasteiger partial charge in [-0.2, -0.15) is 0 Å². The highest BCUT2D eigenvalue weighted by atomic mass is 79.9. The van der Waals surface area contributed by atoms with E-state index in [1.807, 2.05) is 18.2 Å². The van der Waals surface area contributed by atoms with Crippen LogP contribution < -0.4 is 5.32 Å². The average molecular weight is 337 g/mol. The molecular weight excluding hydrogens is 322 g/mol. The summed E-state index contributed by atoms with van der Waals surface area (Å²) >= 11 is 9.50. The van der Waals surface area contributed by atoms with Crippen molar-refractivity contribution in [3.63, 3.8) is 0 Å². The van der Waals surface area contributed by atoms with Crippen LogP contribution in [0.15, 0.2) is 46.9 Å². The molecule has 1 unspecified atom stereocenters. The summed E-state index contributed by atoms with van der Waals surface area (Å²) < 4.78 is 0.934. The summed E-state index contributed by atoms with van der Waals surface area (Å²) in [6.07, 6.45) is 3.61. The summed E-state index contributed by atoms with van der Waals surface area (Å²) in [5, 5.41) is 4.36. The van der Waals surface area contributed by atoms with Crippen LogP contribution in [0.3, 0.4) is 0 Å². The van der Waals surface area contributed by atoms with Crippen molar-refractivity contribution in [2.75, 3.05) is 5.32 Å². The fraction of sp³-hybridized carbons (Fsp3) is 0.250. The Hall–Kier alpha value is -0.990. The van der Waals surface area contributed by atoms with E-state index in [9.17, 15) is 0 Å². The van der Waals surface area contributed by atoms with Crippen molar-refractivity contribution in [3.8, 4) is 0 Å². The fourth-order valence-electron chi connectivity index (χ4n) is 2.69. The average Bonchev–Trinajstić information content (AvgIpc) is 2.43. The van der Waals surface area contributed by atoms with Gasteiger partial charge in [-0.25, -0.2) is 0 Å². The topological polar surface area (TPSA) is 12.0 Å². The van der Waals surface area contributed by atoms with Crippen molar-refractivity contribution >= 4 is 33.2 Å². The Morgan fingerprint density at radius 2 is 2.00 bits per heavy atom. The number of halogens is 2. The van der Waals surface area contributed by atoms with Gasteiger partial charge in [0.25, 0.3) is 0 Å². The molecule has 0 bridgehead atoms. The lowest BCUT2D eigenvalue weighted by atomic mass is 9.87. The maximum atomic E-state index is 6.03. The molecular formula is C16H15BrClN. The lowest BCUT2D eigenvalue weighted by molar-refractivity contribution is 0.600. The van der Waals surface area contributed by atoms with Gasteiger partial charge in [0.2, 0.25) is 0 Å². The second kappa shape index (κ2) is 5.56. The quantitative estimate of drug-likeness (QED) is 0.753. The van der Waals surface area contributed by atoms with Gasteiger partial charge in [0.05, 0.1) is 11.1 Å². The zero-order valence-electron chi connectivity index (χ0n) is 10.5. The van der Waals surface area contributed by atoms with Crippen molar-refractivity contribution in [2.45, 2.75) is 25.3 Å². The summed E-state index contributed by atoms with van der Waals surface area (Å²) in [5.41, 5.74) is 4.01. The summed E-state index contributed by atoms with van der Waals surface area (Å²) in [6, 6.07) is 15.1. The fourth-order valence-corrected chi connectivity index (χ4v) is 3.19. The first-order valence-electron chi connectivity index (χ1n) is 6.53. The second-order valence-corrected chi connectivity index (χ2v) is 6.18. The largest absolute Gasteiger partial charge is 0.378 e.